The maximum atomic E-state index is 12.0. The van der Waals surface area contributed by atoms with Gasteiger partial charge in [0.05, 0.1) is 30.5 Å². The fraction of sp³-hybridized carbons (Fsp3) is 0.300. The number of rotatable bonds is 3. The molecular formula is C10H7BrCl4O. The second kappa shape index (κ2) is 5.92. The maximum absolute atomic E-state index is 12.0. The minimum atomic E-state index is -0.334. The summed E-state index contributed by atoms with van der Waals surface area (Å²) in [6, 6.07) is 1.42. The van der Waals surface area contributed by atoms with E-state index in [0.29, 0.717) is 6.42 Å². The molecule has 0 bridgehead atoms. The summed E-state index contributed by atoms with van der Waals surface area (Å²) < 4.78 is 0. The molecule has 0 aliphatic carbocycles. The predicted molar refractivity (Wildman–Crippen MR) is 73.8 cm³/mol. The Labute approximate surface area is 122 Å². The van der Waals surface area contributed by atoms with Gasteiger partial charge in [0.2, 0.25) is 0 Å². The number of alkyl halides is 1. The van der Waals surface area contributed by atoms with E-state index in [2.05, 4.69) is 15.9 Å². The Bertz CT molecular complexity index is 433. The molecule has 1 aromatic rings. The zero-order chi connectivity index (χ0) is 12.5. The van der Waals surface area contributed by atoms with Crippen LogP contribution < -0.4 is 0 Å². The van der Waals surface area contributed by atoms with Gasteiger partial charge in [-0.05, 0) is 12.5 Å². The van der Waals surface area contributed by atoms with E-state index in [-0.39, 0.29) is 36.3 Å². The summed E-state index contributed by atoms with van der Waals surface area (Å²) in [5, 5.41) is 0.687. The highest BCUT2D eigenvalue weighted by atomic mass is 79.9. The third kappa shape index (κ3) is 2.85. The van der Waals surface area contributed by atoms with Crippen molar-refractivity contribution in [2.75, 3.05) is 0 Å². The third-order valence-electron chi connectivity index (χ3n) is 2.00. The molecule has 16 heavy (non-hydrogen) atoms. The van der Waals surface area contributed by atoms with Gasteiger partial charge in [-0.2, -0.15) is 0 Å². The zero-order valence-electron chi connectivity index (χ0n) is 8.16. The number of ketones is 1. The van der Waals surface area contributed by atoms with Crippen molar-refractivity contribution in [2.45, 2.75) is 18.2 Å². The van der Waals surface area contributed by atoms with Crippen molar-refractivity contribution in [3.05, 3.63) is 31.7 Å². The van der Waals surface area contributed by atoms with Crippen LogP contribution in [0, 0.1) is 0 Å². The van der Waals surface area contributed by atoms with Crippen LogP contribution in [0.5, 0.6) is 0 Å². The summed E-state index contributed by atoms with van der Waals surface area (Å²) in [5.74, 6) is -0.198. The van der Waals surface area contributed by atoms with Crippen molar-refractivity contribution in [2.24, 2.45) is 0 Å². The molecule has 0 heterocycles. The Morgan fingerprint density at radius 3 is 2.31 bits per heavy atom. The van der Waals surface area contributed by atoms with E-state index in [1.165, 1.54) is 6.07 Å². The summed E-state index contributed by atoms with van der Waals surface area (Å²) in [6.07, 6.45) is 0.631. The predicted octanol–water partition coefficient (Wildman–Crippen LogP) is 5.66. The molecule has 0 saturated carbocycles. The van der Waals surface area contributed by atoms with Gasteiger partial charge < -0.3 is 0 Å². The van der Waals surface area contributed by atoms with E-state index in [1.54, 1.807) is 0 Å². The number of Topliss-reactive ketones (excluding diaryl/α,β-unsaturated/α-hetero) is 1. The molecule has 6 heteroatoms. The average Bonchev–Trinajstić information content (AvgIpc) is 2.24. The largest absolute Gasteiger partial charge is 0.293 e. The van der Waals surface area contributed by atoms with Crippen LogP contribution in [0.3, 0.4) is 0 Å². The van der Waals surface area contributed by atoms with E-state index in [0.717, 1.165) is 0 Å². The molecule has 1 atom stereocenters. The van der Waals surface area contributed by atoms with Crippen LogP contribution in [-0.2, 0) is 0 Å². The molecule has 1 aromatic carbocycles. The summed E-state index contributed by atoms with van der Waals surface area (Å²) in [4.78, 5) is 11.6. The van der Waals surface area contributed by atoms with Gasteiger partial charge in [-0.25, -0.2) is 0 Å². The van der Waals surface area contributed by atoms with E-state index in [4.69, 9.17) is 46.4 Å². The molecule has 0 aliphatic heterocycles. The Hall–Kier alpha value is 0.530. The van der Waals surface area contributed by atoms with Crippen LogP contribution in [0.2, 0.25) is 20.1 Å². The van der Waals surface area contributed by atoms with Gasteiger partial charge in [0.15, 0.2) is 5.78 Å². The van der Waals surface area contributed by atoms with Crippen LogP contribution in [0.25, 0.3) is 0 Å². The Morgan fingerprint density at radius 1 is 1.25 bits per heavy atom. The summed E-state index contributed by atoms with van der Waals surface area (Å²) in [7, 11) is 0. The molecule has 0 N–H and O–H groups in total. The van der Waals surface area contributed by atoms with Crippen LogP contribution in [0.15, 0.2) is 6.07 Å². The van der Waals surface area contributed by atoms with Crippen LogP contribution >= 0.6 is 62.3 Å². The lowest BCUT2D eigenvalue weighted by Crippen LogP contribution is -2.14. The van der Waals surface area contributed by atoms with Gasteiger partial charge in [0.25, 0.3) is 0 Å². The topological polar surface area (TPSA) is 17.1 Å². The molecule has 0 amide bonds. The van der Waals surface area contributed by atoms with Gasteiger partial charge in [0, 0.05) is 0 Å². The van der Waals surface area contributed by atoms with E-state index < -0.39 is 0 Å². The van der Waals surface area contributed by atoms with Crippen molar-refractivity contribution >= 4 is 68.1 Å². The van der Waals surface area contributed by atoms with Gasteiger partial charge in [-0.3, -0.25) is 4.79 Å². The van der Waals surface area contributed by atoms with Gasteiger partial charge in [-0.15, -0.1) is 0 Å². The molecular weight excluding hydrogens is 358 g/mol. The zero-order valence-corrected chi connectivity index (χ0v) is 12.8. The van der Waals surface area contributed by atoms with Crippen molar-refractivity contribution in [1.29, 1.82) is 0 Å². The van der Waals surface area contributed by atoms with E-state index in [9.17, 15) is 4.79 Å². The Morgan fingerprint density at radius 2 is 1.81 bits per heavy atom. The second-order valence-corrected chi connectivity index (χ2v) is 5.76. The number of carbonyl (C=O) groups is 1. The maximum Gasteiger partial charge on any atom is 0.179 e. The summed E-state index contributed by atoms with van der Waals surface area (Å²) in [5.41, 5.74) is 0.210. The highest BCUT2D eigenvalue weighted by Crippen LogP contribution is 2.38. The number of hydrogen-bond donors (Lipinski definition) is 0. The van der Waals surface area contributed by atoms with Gasteiger partial charge in [0.1, 0.15) is 0 Å². The van der Waals surface area contributed by atoms with Gasteiger partial charge in [-0.1, -0.05) is 69.3 Å². The number of benzene rings is 1. The van der Waals surface area contributed by atoms with Crippen LogP contribution in [-0.4, -0.2) is 10.6 Å². The molecule has 0 aliphatic rings. The van der Waals surface area contributed by atoms with Crippen molar-refractivity contribution < 1.29 is 4.79 Å². The molecule has 0 radical (unpaired) electrons. The number of carbonyl (C=O) groups excluding carboxylic acids is 1. The molecule has 0 fully saturated rings. The van der Waals surface area contributed by atoms with Crippen LogP contribution in [0.1, 0.15) is 23.7 Å². The van der Waals surface area contributed by atoms with Gasteiger partial charge >= 0.3 is 0 Å². The molecule has 1 nitrogen and oxygen atoms in total. The lowest BCUT2D eigenvalue weighted by molar-refractivity contribution is 0.0990. The molecule has 1 unspecified atom stereocenters. The van der Waals surface area contributed by atoms with Crippen LogP contribution in [0.4, 0.5) is 0 Å². The monoisotopic (exact) mass is 362 g/mol. The minimum Gasteiger partial charge on any atom is -0.293 e. The fourth-order valence-electron chi connectivity index (χ4n) is 1.13. The first-order valence-corrected chi connectivity index (χ1v) is 6.84. The normalized spacial score (nSPS) is 12.6. The number of halogens is 5. The van der Waals surface area contributed by atoms with Crippen molar-refractivity contribution in [1.82, 2.24) is 0 Å². The molecule has 1 rings (SSSR count). The SMILES string of the molecule is CCC(Br)C(=O)c1c(Cl)cc(Cl)c(Cl)c1Cl. The highest BCUT2D eigenvalue weighted by molar-refractivity contribution is 9.10. The number of hydrogen-bond acceptors (Lipinski definition) is 1. The lowest BCUT2D eigenvalue weighted by Gasteiger charge is -2.11. The first kappa shape index (κ1) is 14.6. The molecule has 88 valence electrons. The second-order valence-electron chi connectivity index (χ2n) is 3.08. The summed E-state index contributed by atoms with van der Waals surface area (Å²) >= 11 is 26.8. The average molecular weight is 365 g/mol. The molecule has 0 spiro atoms. The first-order valence-electron chi connectivity index (χ1n) is 4.41. The third-order valence-corrected chi connectivity index (χ3v) is 4.63. The van der Waals surface area contributed by atoms with E-state index in [1.807, 2.05) is 6.92 Å². The standard InChI is InChI=1S/C10H7BrCl4O/c1-2-4(11)10(16)7-5(12)3-6(13)8(14)9(7)15/h3-4H,2H2,1H3. The Kier molecular flexibility index (Phi) is 5.40. The Balaban J connectivity index is 3.34. The van der Waals surface area contributed by atoms with E-state index >= 15 is 0 Å². The molecule has 0 saturated heterocycles. The quantitative estimate of drug-likeness (QED) is 0.293. The molecule has 0 aromatic heterocycles. The first-order chi connectivity index (χ1) is 7.40. The lowest BCUT2D eigenvalue weighted by atomic mass is 10.1. The van der Waals surface area contributed by atoms with Crippen molar-refractivity contribution in [3.63, 3.8) is 0 Å². The summed E-state index contributed by atoms with van der Waals surface area (Å²) in [6.45, 7) is 1.87. The minimum absolute atomic E-state index is 0.0991. The highest BCUT2D eigenvalue weighted by Gasteiger charge is 2.23. The van der Waals surface area contributed by atoms with Crippen molar-refractivity contribution in [3.8, 4) is 0 Å². The fourth-order valence-corrected chi connectivity index (χ4v) is 2.46. The smallest absolute Gasteiger partial charge is 0.179 e.